The van der Waals surface area contributed by atoms with Crippen LogP contribution in [0.25, 0.3) is 0 Å². The molecular weight excluding hydrogens is 375 g/mol. The standard InChI is InChI=1S/C16H22F3N3O3.ClH/c17-16(18,19)12-25-14-4-2-1-3-13(14)24-11-15(23)21-7-10-22-8-5-20-6-9-22;/h1-4,20H,5-12H2,(H,21,23);1H. The highest BCUT2D eigenvalue weighted by Gasteiger charge is 2.29. The number of halogens is 4. The van der Waals surface area contributed by atoms with Crippen molar-refractivity contribution in [3.05, 3.63) is 24.3 Å². The molecule has 1 aromatic carbocycles. The molecule has 0 radical (unpaired) electrons. The van der Waals surface area contributed by atoms with Gasteiger partial charge in [0.05, 0.1) is 0 Å². The van der Waals surface area contributed by atoms with Gasteiger partial charge in [0.25, 0.3) is 5.91 Å². The molecule has 0 bridgehead atoms. The Morgan fingerprint density at radius 1 is 1.15 bits per heavy atom. The van der Waals surface area contributed by atoms with E-state index in [1.165, 1.54) is 18.2 Å². The number of carbonyl (C=O) groups is 1. The summed E-state index contributed by atoms with van der Waals surface area (Å²) in [6.45, 7) is 3.30. The molecule has 1 heterocycles. The van der Waals surface area contributed by atoms with Crippen molar-refractivity contribution in [1.82, 2.24) is 15.5 Å². The number of hydrogen-bond acceptors (Lipinski definition) is 5. The maximum Gasteiger partial charge on any atom is 0.422 e. The molecule has 6 nitrogen and oxygen atoms in total. The van der Waals surface area contributed by atoms with E-state index in [9.17, 15) is 18.0 Å². The van der Waals surface area contributed by atoms with Crippen molar-refractivity contribution in [2.45, 2.75) is 6.18 Å². The van der Waals surface area contributed by atoms with E-state index in [1.54, 1.807) is 6.07 Å². The molecule has 2 rings (SSSR count). The van der Waals surface area contributed by atoms with Crippen LogP contribution in [0, 0.1) is 0 Å². The quantitative estimate of drug-likeness (QED) is 0.695. The summed E-state index contributed by atoms with van der Waals surface area (Å²) in [5.74, 6) is -0.279. The smallest absolute Gasteiger partial charge is 0.422 e. The predicted octanol–water partition coefficient (Wildman–Crippen LogP) is 1.45. The van der Waals surface area contributed by atoms with E-state index in [0.29, 0.717) is 6.54 Å². The molecule has 0 saturated carbocycles. The lowest BCUT2D eigenvalue weighted by molar-refractivity contribution is -0.153. The molecule has 1 amide bonds. The van der Waals surface area contributed by atoms with Gasteiger partial charge in [0.15, 0.2) is 24.7 Å². The Morgan fingerprint density at radius 3 is 2.38 bits per heavy atom. The third-order valence-corrected chi connectivity index (χ3v) is 3.56. The van der Waals surface area contributed by atoms with Crippen LogP contribution in [-0.2, 0) is 4.79 Å². The van der Waals surface area contributed by atoms with E-state index in [-0.39, 0.29) is 36.4 Å². The largest absolute Gasteiger partial charge is 0.480 e. The SMILES string of the molecule is Cl.O=C(COc1ccccc1OCC(F)(F)F)NCCN1CCNCC1. The van der Waals surface area contributed by atoms with Gasteiger partial charge in [0, 0.05) is 39.3 Å². The molecule has 26 heavy (non-hydrogen) atoms. The first-order valence-electron chi connectivity index (χ1n) is 8.05. The van der Waals surface area contributed by atoms with E-state index in [4.69, 9.17) is 9.47 Å². The Labute approximate surface area is 156 Å². The molecule has 0 aromatic heterocycles. The zero-order chi connectivity index (χ0) is 18.1. The van der Waals surface area contributed by atoms with Crippen molar-refractivity contribution in [3.8, 4) is 11.5 Å². The van der Waals surface area contributed by atoms with Gasteiger partial charge in [0.2, 0.25) is 0 Å². The Morgan fingerprint density at radius 2 is 1.77 bits per heavy atom. The molecule has 148 valence electrons. The molecule has 10 heteroatoms. The predicted molar refractivity (Wildman–Crippen MR) is 93.1 cm³/mol. The zero-order valence-electron chi connectivity index (χ0n) is 14.2. The average molecular weight is 398 g/mol. The monoisotopic (exact) mass is 397 g/mol. The molecule has 0 unspecified atom stereocenters. The second kappa shape index (κ2) is 11.1. The van der Waals surface area contributed by atoms with Crippen LogP contribution in [0.4, 0.5) is 13.2 Å². The Hall–Kier alpha value is -1.71. The number of benzene rings is 1. The van der Waals surface area contributed by atoms with E-state index < -0.39 is 12.8 Å². The summed E-state index contributed by atoms with van der Waals surface area (Å²) in [6.07, 6.45) is -4.44. The van der Waals surface area contributed by atoms with E-state index >= 15 is 0 Å². The van der Waals surface area contributed by atoms with Gasteiger partial charge < -0.3 is 20.1 Å². The van der Waals surface area contributed by atoms with E-state index in [1.807, 2.05) is 0 Å². The highest BCUT2D eigenvalue weighted by molar-refractivity contribution is 5.85. The minimum atomic E-state index is -4.44. The number of amides is 1. The molecule has 1 fully saturated rings. The molecule has 2 N–H and O–H groups in total. The van der Waals surface area contributed by atoms with Crippen molar-refractivity contribution in [2.24, 2.45) is 0 Å². The number of para-hydroxylation sites is 2. The van der Waals surface area contributed by atoms with Gasteiger partial charge in [-0.15, -0.1) is 12.4 Å². The first-order chi connectivity index (χ1) is 11.9. The molecule has 1 aromatic rings. The molecular formula is C16H23ClF3N3O3. The lowest BCUT2D eigenvalue weighted by Crippen LogP contribution is -2.46. The normalized spacial score (nSPS) is 15.0. The van der Waals surface area contributed by atoms with Crippen molar-refractivity contribution in [3.63, 3.8) is 0 Å². The van der Waals surface area contributed by atoms with Crippen LogP contribution in [0.5, 0.6) is 11.5 Å². The molecule has 0 atom stereocenters. The maximum absolute atomic E-state index is 12.2. The topological polar surface area (TPSA) is 62.8 Å². The van der Waals surface area contributed by atoms with Crippen LogP contribution in [-0.4, -0.2) is 69.5 Å². The average Bonchev–Trinajstić information content (AvgIpc) is 2.59. The van der Waals surface area contributed by atoms with Gasteiger partial charge >= 0.3 is 6.18 Å². The highest BCUT2D eigenvalue weighted by atomic mass is 35.5. The molecule has 1 aliphatic heterocycles. The van der Waals surface area contributed by atoms with Gasteiger partial charge in [0.1, 0.15) is 0 Å². The third-order valence-electron chi connectivity index (χ3n) is 3.56. The Kier molecular flexibility index (Phi) is 9.53. The van der Waals surface area contributed by atoms with Crippen LogP contribution in [0.3, 0.4) is 0 Å². The van der Waals surface area contributed by atoms with Gasteiger partial charge in [-0.3, -0.25) is 9.69 Å². The van der Waals surface area contributed by atoms with Crippen LogP contribution >= 0.6 is 12.4 Å². The first kappa shape index (κ1) is 22.3. The minimum Gasteiger partial charge on any atom is -0.480 e. The van der Waals surface area contributed by atoms with Gasteiger partial charge in [-0.25, -0.2) is 0 Å². The van der Waals surface area contributed by atoms with Gasteiger partial charge in [-0.1, -0.05) is 12.1 Å². The maximum atomic E-state index is 12.2. The molecule has 1 saturated heterocycles. The van der Waals surface area contributed by atoms with Crippen molar-refractivity contribution in [1.29, 1.82) is 0 Å². The summed E-state index contributed by atoms with van der Waals surface area (Å²) in [5.41, 5.74) is 0. The fraction of sp³-hybridized carbons (Fsp3) is 0.562. The Bertz CT molecular complexity index is 555. The lowest BCUT2D eigenvalue weighted by atomic mass is 10.3. The van der Waals surface area contributed by atoms with E-state index in [2.05, 4.69) is 15.5 Å². The summed E-state index contributed by atoms with van der Waals surface area (Å²) in [6, 6.07) is 5.95. The number of rotatable bonds is 8. The number of piperazine rings is 1. The zero-order valence-corrected chi connectivity index (χ0v) is 15.0. The van der Waals surface area contributed by atoms with Crippen LogP contribution < -0.4 is 20.1 Å². The van der Waals surface area contributed by atoms with E-state index in [0.717, 1.165) is 32.7 Å². The van der Waals surface area contributed by atoms with Crippen LogP contribution in [0.1, 0.15) is 0 Å². The van der Waals surface area contributed by atoms with Crippen LogP contribution in [0.2, 0.25) is 0 Å². The van der Waals surface area contributed by atoms with Crippen LogP contribution in [0.15, 0.2) is 24.3 Å². The van der Waals surface area contributed by atoms with Crippen molar-refractivity contribution < 1.29 is 27.4 Å². The third kappa shape index (κ3) is 8.59. The minimum absolute atomic E-state index is 0. The Balaban J connectivity index is 0.00000338. The fourth-order valence-electron chi connectivity index (χ4n) is 2.33. The summed E-state index contributed by atoms with van der Waals surface area (Å²) in [5, 5.41) is 5.98. The number of alkyl halides is 3. The van der Waals surface area contributed by atoms with Gasteiger partial charge in [-0.2, -0.15) is 13.2 Å². The summed E-state index contributed by atoms with van der Waals surface area (Å²) in [7, 11) is 0. The number of carbonyl (C=O) groups excluding carboxylic acids is 1. The summed E-state index contributed by atoms with van der Waals surface area (Å²) < 4.78 is 46.7. The fourth-order valence-corrected chi connectivity index (χ4v) is 2.33. The summed E-state index contributed by atoms with van der Waals surface area (Å²) >= 11 is 0. The number of nitrogens with one attached hydrogen (secondary N) is 2. The number of ether oxygens (including phenoxy) is 2. The molecule has 0 spiro atoms. The second-order valence-electron chi connectivity index (χ2n) is 5.58. The number of nitrogens with zero attached hydrogens (tertiary/aromatic N) is 1. The highest BCUT2D eigenvalue weighted by Crippen LogP contribution is 2.28. The molecule has 1 aliphatic rings. The summed E-state index contributed by atoms with van der Waals surface area (Å²) in [4.78, 5) is 14.0. The van der Waals surface area contributed by atoms with Crippen molar-refractivity contribution in [2.75, 3.05) is 52.5 Å². The lowest BCUT2D eigenvalue weighted by Gasteiger charge is -2.27. The second-order valence-corrected chi connectivity index (χ2v) is 5.58. The van der Waals surface area contributed by atoms with Gasteiger partial charge in [-0.05, 0) is 12.1 Å². The first-order valence-corrected chi connectivity index (χ1v) is 8.05. The number of hydrogen-bond donors (Lipinski definition) is 2. The molecule has 0 aliphatic carbocycles. The van der Waals surface area contributed by atoms with Crippen molar-refractivity contribution >= 4 is 18.3 Å².